The van der Waals surface area contributed by atoms with Gasteiger partial charge in [-0.3, -0.25) is 4.98 Å². The third-order valence-electron chi connectivity index (χ3n) is 3.61. The fraction of sp³-hybridized carbons (Fsp3) is 0.438. The molecule has 21 heavy (non-hydrogen) atoms. The van der Waals surface area contributed by atoms with Crippen molar-refractivity contribution in [2.24, 2.45) is 0 Å². The van der Waals surface area contributed by atoms with Crippen LogP contribution < -0.4 is 0 Å². The number of hydrogen-bond acceptors (Lipinski definition) is 4. The van der Waals surface area contributed by atoms with Crippen molar-refractivity contribution in [3.8, 4) is 0 Å². The zero-order chi connectivity index (χ0) is 15.5. The minimum absolute atomic E-state index is 0.134. The Bertz CT molecular complexity index is 725. The van der Waals surface area contributed by atoms with Crippen molar-refractivity contribution in [3.05, 3.63) is 41.6 Å². The van der Waals surface area contributed by atoms with Crippen molar-refractivity contribution in [3.63, 3.8) is 0 Å². The molecule has 1 aromatic heterocycles. The molecule has 2 rings (SSSR count). The van der Waals surface area contributed by atoms with Crippen LogP contribution in [-0.4, -0.2) is 30.0 Å². The number of hydrogen-bond donors (Lipinski definition) is 1. The van der Waals surface area contributed by atoms with Crippen LogP contribution >= 0.6 is 0 Å². The highest BCUT2D eigenvalue weighted by atomic mass is 32.2. The van der Waals surface area contributed by atoms with Crippen LogP contribution in [0, 0.1) is 6.92 Å². The number of benzene rings is 1. The summed E-state index contributed by atoms with van der Waals surface area (Å²) < 4.78 is 22.9. The van der Waals surface area contributed by atoms with E-state index in [9.17, 15) is 13.5 Å². The van der Waals surface area contributed by atoms with Gasteiger partial charge in [-0.15, -0.1) is 0 Å². The molecule has 0 spiro atoms. The van der Waals surface area contributed by atoms with Crippen molar-refractivity contribution in [1.29, 1.82) is 0 Å². The molecule has 0 saturated carbocycles. The lowest BCUT2D eigenvalue weighted by Gasteiger charge is -2.12. The Hall–Kier alpha value is -1.46. The highest BCUT2D eigenvalue weighted by Crippen LogP contribution is 2.23. The molecule has 1 unspecified atom stereocenters. The van der Waals surface area contributed by atoms with Gasteiger partial charge < -0.3 is 5.11 Å². The first-order valence-electron chi connectivity index (χ1n) is 7.17. The van der Waals surface area contributed by atoms with Gasteiger partial charge in [-0.05, 0) is 43.5 Å². The summed E-state index contributed by atoms with van der Waals surface area (Å²) in [6.45, 7) is 3.58. The first-order valence-corrected chi connectivity index (χ1v) is 8.99. The normalized spacial score (nSPS) is 13.5. The van der Waals surface area contributed by atoms with E-state index in [1.807, 2.05) is 37.3 Å². The van der Waals surface area contributed by atoms with Crippen LogP contribution in [0.3, 0.4) is 0 Å². The monoisotopic (exact) mass is 307 g/mol. The topological polar surface area (TPSA) is 67.3 Å². The molecule has 0 aliphatic rings. The Morgan fingerprint density at radius 2 is 2.00 bits per heavy atom. The highest BCUT2D eigenvalue weighted by molar-refractivity contribution is 7.91. The molecule has 5 heteroatoms. The third-order valence-corrected chi connectivity index (χ3v) is 5.40. The van der Waals surface area contributed by atoms with Gasteiger partial charge >= 0.3 is 0 Å². The predicted octanol–water partition coefficient (Wildman–Crippen LogP) is 2.79. The lowest BCUT2D eigenvalue weighted by atomic mass is 10.0. The minimum atomic E-state index is -2.96. The van der Waals surface area contributed by atoms with Gasteiger partial charge in [-0.2, -0.15) is 0 Å². The Morgan fingerprint density at radius 3 is 2.71 bits per heavy atom. The van der Waals surface area contributed by atoms with Crippen LogP contribution in [-0.2, 0) is 9.84 Å². The number of fused-ring (bicyclic) bond motifs is 1. The van der Waals surface area contributed by atoms with Gasteiger partial charge in [0.15, 0.2) is 0 Å². The predicted molar refractivity (Wildman–Crippen MR) is 85.0 cm³/mol. The first kappa shape index (κ1) is 15.9. The fourth-order valence-electron chi connectivity index (χ4n) is 2.26. The number of sulfone groups is 1. The molecule has 0 fully saturated rings. The van der Waals surface area contributed by atoms with Crippen molar-refractivity contribution in [1.82, 2.24) is 4.98 Å². The molecule has 1 aromatic carbocycles. The highest BCUT2D eigenvalue weighted by Gasteiger charge is 2.12. The zero-order valence-electron chi connectivity index (χ0n) is 12.4. The van der Waals surface area contributed by atoms with Crippen molar-refractivity contribution in [2.45, 2.75) is 32.8 Å². The van der Waals surface area contributed by atoms with Crippen LogP contribution in [0.25, 0.3) is 10.9 Å². The molecular weight excluding hydrogens is 286 g/mol. The van der Waals surface area contributed by atoms with Crippen LogP contribution in [0.5, 0.6) is 0 Å². The number of aromatic nitrogens is 1. The first-order chi connectivity index (χ1) is 9.91. The van der Waals surface area contributed by atoms with Crippen molar-refractivity contribution >= 4 is 20.7 Å². The summed E-state index contributed by atoms with van der Waals surface area (Å²) in [5.74, 6) is 0.291. The van der Waals surface area contributed by atoms with Crippen LogP contribution in [0.2, 0.25) is 0 Å². The number of rotatable bonds is 6. The molecule has 4 nitrogen and oxygen atoms in total. The van der Waals surface area contributed by atoms with Gasteiger partial charge in [0.2, 0.25) is 0 Å². The average molecular weight is 307 g/mol. The van der Waals surface area contributed by atoms with Gasteiger partial charge in [-0.1, -0.05) is 19.1 Å². The molecule has 0 amide bonds. The maximum absolute atomic E-state index is 11.4. The third kappa shape index (κ3) is 4.25. The van der Waals surface area contributed by atoms with E-state index in [-0.39, 0.29) is 11.5 Å². The van der Waals surface area contributed by atoms with E-state index in [1.165, 1.54) is 0 Å². The second-order valence-corrected chi connectivity index (χ2v) is 7.77. The molecule has 0 aliphatic heterocycles. The molecule has 2 aromatic rings. The molecule has 0 saturated heterocycles. The summed E-state index contributed by atoms with van der Waals surface area (Å²) in [4.78, 5) is 4.42. The molecule has 0 radical (unpaired) electrons. The summed E-state index contributed by atoms with van der Waals surface area (Å²) in [5, 5.41) is 11.2. The number of pyridine rings is 1. The van der Waals surface area contributed by atoms with Crippen molar-refractivity contribution < 1.29 is 13.5 Å². The van der Waals surface area contributed by atoms with Crippen LogP contribution in [0.4, 0.5) is 0 Å². The van der Waals surface area contributed by atoms with E-state index in [0.29, 0.717) is 12.8 Å². The Labute approximate surface area is 125 Å². The molecule has 1 atom stereocenters. The SMILES string of the molecule is CCS(=O)(=O)CCCC(O)c1ccc2nc(C)ccc2c1. The second kappa shape index (κ2) is 6.54. The summed E-state index contributed by atoms with van der Waals surface area (Å²) in [6.07, 6.45) is 0.286. The summed E-state index contributed by atoms with van der Waals surface area (Å²) >= 11 is 0. The summed E-state index contributed by atoms with van der Waals surface area (Å²) in [6, 6.07) is 9.58. The molecule has 1 heterocycles. The maximum Gasteiger partial charge on any atom is 0.150 e. The number of aryl methyl sites for hydroxylation is 1. The number of aliphatic hydroxyl groups is 1. The van der Waals surface area contributed by atoms with Gasteiger partial charge in [-0.25, -0.2) is 8.42 Å². The minimum Gasteiger partial charge on any atom is -0.388 e. The van der Waals surface area contributed by atoms with Gasteiger partial charge in [0.25, 0.3) is 0 Å². The molecule has 1 N–H and O–H groups in total. The van der Waals surface area contributed by atoms with E-state index >= 15 is 0 Å². The molecular formula is C16H21NO3S. The smallest absolute Gasteiger partial charge is 0.150 e. The largest absolute Gasteiger partial charge is 0.388 e. The standard InChI is InChI=1S/C16H21NO3S/c1-3-21(19,20)10-4-5-16(18)14-8-9-15-13(11-14)7-6-12(2)17-15/h6-9,11,16,18H,3-5,10H2,1-2H3. The van der Waals surface area contributed by atoms with Crippen LogP contribution in [0.15, 0.2) is 30.3 Å². The lowest BCUT2D eigenvalue weighted by Crippen LogP contribution is -2.10. The Balaban J connectivity index is 2.06. The quantitative estimate of drug-likeness (QED) is 0.891. The van der Waals surface area contributed by atoms with E-state index in [2.05, 4.69) is 4.98 Å². The summed E-state index contributed by atoms with van der Waals surface area (Å²) in [5.41, 5.74) is 2.67. The lowest BCUT2D eigenvalue weighted by molar-refractivity contribution is 0.167. The van der Waals surface area contributed by atoms with Gasteiger partial charge in [0.05, 0.1) is 17.4 Å². The summed E-state index contributed by atoms with van der Waals surface area (Å²) in [7, 11) is -2.96. The Kier molecular flexibility index (Phi) is 4.96. The van der Waals surface area contributed by atoms with Crippen LogP contribution in [0.1, 0.15) is 37.1 Å². The molecule has 0 bridgehead atoms. The van der Waals surface area contributed by atoms with E-state index in [4.69, 9.17) is 0 Å². The molecule has 114 valence electrons. The van der Waals surface area contributed by atoms with Gasteiger partial charge in [0.1, 0.15) is 9.84 Å². The van der Waals surface area contributed by atoms with E-state index in [0.717, 1.165) is 22.2 Å². The van der Waals surface area contributed by atoms with Crippen molar-refractivity contribution in [2.75, 3.05) is 11.5 Å². The van der Waals surface area contributed by atoms with Gasteiger partial charge in [0, 0.05) is 16.8 Å². The number of nitrogens with zero attached hydrogens (tertiary/aromatic N) is 1. The number of aliphatic hydroxyl groups excluding tert-OH is 1. The second-order valence-electron chi connectivity index (χ2n) is 5.30. The molecule has 0 aliphatic carbocycles. The Morgan fingerprint density at radius 1 is 1.24 bits per heavy atom. The average Bonchev–Trinajstić information content (AvgIpc) is 2.46. The van der Waals surface area contributed by atoms with E-state index in [1.54, 1.807) is 6.92 Å². The van der Waals surface area contributed by atoms with E-state index < -0.39 is 15.9 Å². The fourth-order valence-corrected chi connectivity index (χ4v) is 3.16. The zero-order valence-corrected chi connectivity index (χ0v) is 13.2. The maximum atomic E-state index is 11.4.